The second-order valence-corrected chi connectivity index (χ2v) is 17.6. The van der Waals surface area contributed by atoms with Crippen molar-refractivity contribution < 1.29 is 45.5 Å². The normalized spacial score (nSPS) is 16.3. The number of Topliss-reactive ketones (excluding diaryl/α,β-unsaturated/α-hetero) is 2. The summed E-state index contributed by atoms with van der Waals surface area (Å²) in [6.45, 7) is 4.65. The van der Waals surface area contributed by atoms with E-state index in [1.807, 2.05) is 56.1 Å². The first-order valence-corrected chi connectivity index (χ1v) is 22.3. The predicted octanol–water partition coefficient (Wildman–Crippen LogP) is 7.42. The van der Waals surface area contributed by atoms with Crippen molar-refractivity contribution >= 4 is 79.0 Å². The maximum atomic E-state index is 13.9. The molecule has 14 nitrogen and oxygen atoms in total. The van der Waals surface area contributed by atoms with Crippen LogP contribution in [0.1, 0.15) is 58.6 Å². The molecule has 0 unspecified atom stereocenters. The molecule has 20 heteroatoms. The number of nitrogens with one attached hydrogen (secondary N) is 2. The van der Waals surface area contributed by atoms with E-state index in [-0.39, 0.29) is 49.6 Å². The number of rotatable bonds is 4. The Balaban J connectivity index is 0.000000152. The van der Waals surface area contributed by atoms with Crippen LogP contribution in [-0.4, -0.2) is 87.3 Å². The zero-order valence-corrected chi connectivity index (χ0v) is 37.4. The van der Waals surface area contributed by atoms with Gasteiger partial charge in [-0.05, 0) is 59.7 Å². The largest absolute Gasteiger partial charge is 0.416 e. The highest BCUT2D eigenvalue weighted by Crippen LogP contribution is 2.43. The van der Waals surface area contributed by atoms with Crippen LogP contribution in [0, 0.1) is 0 Å². The van der Waals surface area contributed by atoms with Crippen molar-refractivity contribution in [3.63, 3.8) is 0 Å². The maximum Gasteiger partial charge on any atom is 0.416 e. The van der Waals surface area contributed by atoms with Gasteiger partial charge in [0.2, 0.25) is 11.8 Å². The van der Waals surface area contributed by atoms with Gasteiger partial charge in [-0.1, -0.05) is 12.1 Å². The number of ketones is 2. The zero-order chi connectivity index (χ0) is 49.0. The molecule has 8 aromatic rings. The van der Waals surface area contributed by atoms with Crippen LogP contribution < -0.4 is 10.6 Å². The monoisotopic (exact) mass is 958 g/mol. The Morgan fingerprint density at radius 3 is 1.59 bits per heavy atom. The first-order valence-electron chi connectivity index (χ1n) is 22.3. The Kier molecular flexibility index (Phi) is 10.3. The van der Waals surface area contributed by atoms with Gasteiger partial charge in [-0.15, -0.1) is 0 Å². The van der Waals surface area contributed by atoms with Crippen LogP contribution >= 0.6 is 0 Å². The van der Waals surface area contributed by atoms with Crippen molar-refractivity contribution in [1.29, 1.82) is 0 Å². The summed E-state index contributed by atoms with van der Waals surface area (Å²) in [5.41, 5.74) is 5.81. The molecule has 2 amide bonds. The minimum absolute atomic E-state index is 0.0430. The Morgan fingerprint density at radius 1 is 0.586 bits per heavy atom. The molecule has 0 radical (unpaired) electrons. The lowest BCUT2D eigenvalue weighted by Crippen LogP contribution is -2.29. The Labute approximate surface area is 393 Å². The number of amides is 2. The average Bonchev–Trinajstić information content (AvgIpc) is 4.17. The van der Waals surface area contributed by atoms with Gasteiger partial charge in [0.05, 0.1) is 81.6 Å². The van der Waals surface area contributed by atoms with Crippen LogP contribution in [0.2, 0.25) is 0 Å². The number of nitrogens with zero attached hydrogens (tertiary/aromatic N) is 8. The van der Waals surface area contributed by atoms with Gasteiger partial charge in [-0.25, -0.2) is 9.97 Å². The number of halogens is 6. The predicted molar refractivity (Wildman–Crippen MR) is 246 cm³/mol. The van der Waals surface area contributed by atoms with E-state index in [1.54, 1.807) is 40.3 Å². The van der Waals surface area contributed by atoms with E-state index in [0.29, 0.717) is 115 Å². The van der Waals surface area contributed by atoms with E-state index in [1.165, 1.54) is 18.7 Å². The van der Waals surface area contributed by atoms with Crippen molar-refractivity contribution in [3.05, 3.63) is 143 Å². The highest BCUT2D eigenvalue weighted by atomic mass is 19.4. The number of hydrogen-bond acceptors (Lipinski definition) is 8. The molecule has 0 bridgehead atoms. The van der Waals surface area contributed by atoms with Gasteiger partial charge in [-0.2, -0.15) is 26.3 Å². The zero-order valence-electron chi connectivity index (χ0n) is 37.4. The molecule has 6 aromatic heterocycles. The molecule has 356 valence electrons. The maximum absolute atomic E-state index is 13.9. The number of fused-ring (bicyclic) bond motifs is 2. The number of carbonyl (C=O) groups excluding carboxylic acids is 4. The van der Waals surface area contributed by atoms with E-state index in [0.717, 1.165) is 24.3 Å². The van der Waals surface area contributed by atoms with Gasteiger partial charge < -0.3 is 29.6 Å². The third kappa shape index (κ3) is 7.35. The minimum atomic E-state index is -4.58. The van der Waals surface area contributed by atoms with E-state index in [4.69, 9.17) is 0 Å². The van der Waals surface area contributed by atoms with Crippen molar-refractivity contribution in [2.45, 2.75) is 52.4 Å². The van der Waals surface area contributed by atoms with Crippen molar-refractivity contribution in [3.8, 4) is 0 Å². The van der Waals surface area contributed by atoms with Gasteiger partial charge in [0.1, 0.15) is 11.3 Å². The Hall–Kier alpha value is -8.16. The van der Waals surface area contributed by atoms with E-state index >= 15 is 0 Å². The number of hydrogen-bond donors (Lipinski definition) is 2. The molecule has 0 spiro atoms. The quantitative estimate of drug-likeness (QED) is 0.174. The number of carbonyl (C=O) groups is 4. The smallest absolute Gasteiger partial charge is 0.376 e. The second-order valence-electron chi connectivity index (χ2n) is 17.6. The molecule has 4 aliphatic rings. The molecule has 0 saturated carbocycles. The fourth-order valence-electron chi connectivity index (χ4n) is 10.2. The van der Waals surface area contributed by atoms with E-state index in [2.05, 4.69) is 20.6 Å². The van der Waals surface area contributed by atoms with Gasteiger partial charge in [-0.3, -0.25) is 28.0 Å². The first-order chi connectivity index (χ1) is 33.4. The highest BCUT2D eigenvalue weighted by molar-refractivity contribution is 6.34. The van der Waals surface area contributed by atoms with Gasteiger partial charge in [0, 0.05) is 99.8 Å². The second kappa shape index (κ2) is 16.2. The lowest BCUT2D eigenvalue weighted by molar-refractivity contribution is -0.138. The van der Waals surface area contributed by atoms with Crippen LogP contribution in [0.3, 0.4) is 0 Å². The number of alkyl halides is 6. The molecule has 12 rings (SSSR count). The van der Waals surface area contributed by atoms with Crippen molar-refractivity contribution in [2.75, 3.05) is 26.2 Å². The van der Waals surface area contributed by atoms with Crippen LogP contribution in [0.15, 0.2) is 97.8 Å². The van der Waals surface area contributed by atoms with Crippen LogP contribution in [-0.2, 0) is 57.7 Å². The van der Waals surface area contributed by atoms with Gasteiger partial charge >= 0.3 is 12.4 Å². The number of benzene rings is 2. The van der Waals surface area contributed by atoms with Crippen LogP contribution in [0.5, 0.6) is 0 Å². The molecular formula is C50H40F6N10O4. The summed E-state index contributed by atoms with van der Waals surface area (Å²) in [6, 6.07) is 15.5. The molecule has 0 atom stereocenters. The lowest BCUT2D eigenvalue weighted by Gasteiger charge is -2.19. The Bertz CT molecular complexity index is 3630. The first kappa shape index (κ1) is 44.4. The third-order valence-corrected chi connectivity index (χ3v) is 13.4. The van der Waals surface area contributed by atoms with Crippen LogP contribution in [0.4, 0.5) is 26.3 Å². The van der Waals surface area contributed by atoms with E-state index < -0.39 is 23.5 Å². The number of imidazole rings is 2. The fraction of sp³-hybridized carbons (Fsp3) is 0.240. The molecule has 0 fully saturated rings. The average molecular weight is 959 g/mol. The molecule has 4 aliphatic heterocycles. The fourth-order valence-corrected chi connectivity index (χ4v) is 10.2. The third-order valence-electron chi connectivity index (χ3n) is 13.4. The topological polar surface area (TPSA) is 143 Å². The standard InChI is InChI=1S/2C25H20F3N5O2/c1-14(34)31-6-7-32-13-18(17-9-16(25(26,27)28)8-15(12-31)24(17)32)23-22(20(35)11-30-23)19-10-29-21-4-2-3-5-33(19)21;1-14(34)31-6-7-32-13-18(17-9-16(25(26,27)28)8-15(12-31)24(17)32)22-20(35)11-30-23(22)19-10-29-21-4-2-3-5-33(19)21/h2*2-5,8-10,13,30H,6-7,11-12H2,1H3. The van der Waals surface area contributed by atoms with Gasteiger partial charge in [0.15, 0.2) is 11.6 Å². The van der Waals surface area contributed by atoms with Crippen molar-refractivity contribution in [1.82, 2.24) is 48.3 Å². The van der Waals surface area contributed by atoms with Crippen molar-refractivity contribution in [2.24, 2.45) is 0 Å². The summed E-state index contributed by atoms with van der Waals surface area (Å²) >= 11 is 0. The number of aromatic nitrogens is 6. The summed E-state index contributed by atoms with van der Waals surface area (Å²) in [7, 11) is 0. The molecular weight excluding hydrogens is 919 g/mol. The molecule has 70 heavy (non-hydrogen) atoms. The number of pyridine rings is 2. The van der Waals surface area contributed by atoms with Gasteiger partial charge in [0.25, 0.3) is 0 Å². The lowest BCUT2D eigenvalue weighted by atomic mass is 9.97. The van der Waals surface area contributed by atoms with Crippen LogP contribution in [0.25, 0.3) is 55.6 Å². The summed E-state index contributed by atoms with van der Waals surface area (Å²) in [6.07, 6.45) is 1.26. The molecule has 0 saturated heterocycles. The summed E-state index contributed by atoms with van der Waals surface area (Å²) in [4.78, 5) is 62.1. The molecule has 10 heterocycles. The van der Waals surface area contributed by atoms with E-state index in [9.17, 15) is 45.5 Å². The highest BCUT2D eigenvalue weighted by Gasteiger charge is 2.38. The molecule has 0 aliphatic carbocycles. The minimum Gasteiger partial charge on any atom is -0.376 e. The molecule has 2 aromatic carbocycles. The Morgan fingerprint density at radius 2 is 1.06 bits per heavy atom. The summed E-state index contributed by atoms with van der Waals surface area (Å²) < 4.78 is 90.7. The molecule has 2 N–H and O–H groups in total. The SMILES string of the molecule is CC(=O)N1CCn2cc(C3=C(c4cnc5ccccn45)C(=O)CN3)c3cc(C(F)(F)F)cc(c32)C1.CC(=O)N1CCn2cc(C3=C(c4cnc5ccccn45)NCC3=O)c3cc(C(F)(F)F)cc(c32)C1. The summed E-state index contributed by atoms with van der Waals surface area (Å²) in [5.74, 6) is -0.753. The summed E-state index contributed by atoms with van der Waals surface area (Å²) in [5, 5.41) is 7.00.